The van der Waals surface area contributed by atoms with Crippen molar-refractivity contribution in [1.29, 1.82) is 0 Å². The van der Waals surface area contributed by atoms with Crippen LogP contribution in [0.4, 0.5) is 4.79 Å². The highest BCUT2D eigenvalue weighted by Crippen LogP contribution is 2.30. The van der Waals surface area contributed by atoms with E-state index in [2.05, 4.69) is 20.8 Å². The second kappa shape index (κ2) is 8.90. The number of carbonyl (C=O) groups excluding carboxylic acids is 2. The zero-order valence-electron chi connectivity index (χ0n) is 16.2. The number of rotatable bonds is 6. The fourth-order valence-electron chi connectivity index (χ4n) is 2.37. The van der Waals surface area contributed by atoms with Crippen molar-refractivity contribution in [3.63, 3.8) is 0 Å². The SMILES string of the molecule is CCn1c(SCC(=O)NC(=O)NC(C)(C)C)nnc1-c1ccccc1OC. The van der Waals surface area contributed by atoms with Gasteiger partial charge in [-0.25, -0.2) is 4.79 Å². The first-order valence-corrected chi connectivity index (χ1v) is 9.55. The fourth-order valence-corrected chi connectivity index (χ4v) is 3.18. The van der Waals surface area contributed by atoms with Crippen molar-refractivity contribution in [3.05, 3.63) is 24.3 Å². The summed E-state index contributed by atoms with van der Waals surface area (Å²) in [7, 11) is 1.61. The third-order valence-electron chi connectivity index (χ3n) is 3.45. The van der Waals surface area contributed by atoms with E-state index in [0.717, 1.165) is 5.56 Å². The Labute approximate surface area is 163 Å². The Hall–Kier alpha value is -2.55. The summed E-state index contributed by atoms with van der Waals surface area (Å²) in [5.41, 5.74) is 0.416. The molecule has 0 spiro atoms. The molecule has 1 aromatic carbocycles. The van der Waals surface area contributed by atoms with Crippen LogP contribution in [0.2, 0.25) is 0 Å². The molecule has 0 aliphatic heterocycles. The molecule has 0 atom stereocenters. The molecular weight excluding hydrogens is 366 g/mol. The van der Waals surface area contributed by atoms with Crippen LogP contribution in [0.15, 0.2) is 29.4 Å². The van der Waals surface area contributed by atoms with Crippen molar-refractivity contribution >= 4 is 23.7 Å². The van der Waals surface area contributed by atoms with Crippen LogP contribution in [0.3, 0.4) is 0 Å². The molecule has 27 heavy (non-hydrogen) atoms. The summed E-state index contributed by atoms with van der Waals surface area (Å²) in [6.07, 6.45) is 0. The van der Waals surface area contributed by atoms with Gasteiger partial charge in [-0.2, -0.15) is 0 Å². The van der Waals surface area contributed by atoms with Crippen molar-refractivity contribution < 1.29 is 14.3 Å². The van der Waals surface area contributed by atoms with Crippen LogP contribution in [0.25, 0.3) is 11.4 Å². The molecule has 1 aromatic heterocycles. The van der Waals surface area contributed by atoms with E-state index in [1.54, 1.807) is 7.11 Å². The fraction of sp³-hybridized carbons (Fsp3) is 0.444. The molecule has 0 unspecified atom stereocenters. The maximum Gasteiger partial charge on any atom is 0.321 e. The maximum atomic E-state index is 12.0. The van der Waals surface area contributed by atoms with Crippen LogP contribution in [0, 0.1) is 0 Å². The highest BCUT2D eigenvalue weighted by molar-refractivity contribution is 7.99. The zero-order chi connectivity index (χ0) is 20.0. The highest BCUT2D eigenvalue weighted by atomic mass is 32.2. The quantitative estimate of drug-likeness (QED) is 0.735. The van der Waals surface area contributed by atoms with Gasteiger partial charge in [0.05, 0.1) is 18.4 Å². The number of benzene rings is 1. The van der Waals surface area contributed by atoms with Gasteiger partial charge in [-0.15, -0.1) is 10.2 Å². The van der Waals surface area contributed by atoms with Gasteiger partial charge in [0.25, 0.3) is 0 Å². The average Bonchev–Trinajstić information content (AvgIpc) is 3.00. The Bertz CT molecular complexity index is 814. The van der Waals surface area contributed by atoms with Crippen LogP contribution in [-0.2, 0) is 11.3 Å². The van der Waals surface area contributed by atoms with Crippen LogP contribution in [-0.4, -0.2) is 45.1 Å². The molecule has 0 fully saturated rings. The second-order valence-corrected chi connectivity index (χ2v) is 7.73. The van der Waals surface area contributed by atoms with Gasteiger partial charge >= 0.3 is 6.03 Å². The molecular formula is C18H25N5O3S. The molecule has 9 heteroatoms. The van der Waals surface area contributed by atoms with Gasteiger partial charge < -0.3 is 14.6 Å². The average molecular weight is 391 g/mol. The van der Waals surface area contributed by atoms with Gasteiger partial charge in [-0.3, -0.25) is 10.1 Å². The Morgan fingerprint density at radius 2 is 1.93 bits per heavy atom. The molecule has 0 aliphatic carbocycles. The van der Waals surface area contributed by atoms with E-state index in [9.17, 15) is 9.59 Å². The summed E-state index contributed by atoms with van der Waals surface area (Å²) in [5, 5.41) is 14.0. The van der Waals surface area contributed by atoms with Crippen molar-refractivity contribution in [1.82, 2.24) is 25.4 Å². The molecule has 8 nitrogen and oxygen atoms in total. The lowest BCUT2D eigenvalue weighted by atomic mass is 10.1. The molecule has 3 amide bonds. The normalized spacial score (nSPS) is 11.1. The van der Waals surface area contributed by atoms with Crippen molar-refractivity contribution in [2.45, 2.75) is 44.9 Å². The summed E-state index contributed by atoms with van der Waals surface area (Å²) in [4.78, 5) is 23.8. The molecule has 0 aliphatic rings. The standard InChI is InChI=1S/C18H25N5O3S/c1-6-23-15(12-9-7-8-10-13(12)26-5)21-22-17(23)27-11-14(24)19-16(25)20-18(2,3)4/h7-10H,6,11H2,1-5H3,(H2,19,20,24,25). The molecule has 2 N–H and O–H groups in total. The summed E-state index contributed by atoms with van der Waals surface area (Å²) >= 11 is 1.23. The molecule has 1 heterocycles. The minimum Gasteiger partial charge on any atom is -0.496 e. The number of para-hydroxylation sites is 1. The summed E-state index contributed by atoms with van der Waals surface area (Å²) in [6.45, 7) is 8.14. The van der Waals surface area contributed by atoms with Crippen molar-refractivity contribution in [3.8, 4) is 17.1 Å². The third kappa shape index (κ3) is 5.72. The van der Waals surface area contributed by atoms with Crippen LogP contribution >= 0.6 is 11.8 Å². The van der Waals surface area contributed by atoms with Crippen LogP contribution in [0.1, 0.15) is 27.7 Å². The van der Waals surface area contributed by atoms with Crippen molar-refractivity contribution in [2.75, 3.05) is 12.9 Å². The lowest BCUT2D eigenvalue weighted by molar-refractivity contribution is -0.117. The first-order valence-electron chi connectivity index (χ1n) is 8.56. The number of methoxy groups -OCH3 is 1. The van der Waals surface area contributed by atoms with Gasteiger partial charge in [0.2, 0.25) is 5.91 Å². The molecule has 2 rings (SSSR count). The van der Waals surface area contributed by atoms with E-state index in [-0.39, 0.29) is 5.75 Å². The number of nitrogens with zero attached hydrogens (tertiary/aromatic N) is 3. The predicted octanol–water partition coefficient (Wildman–Crippen LogP) is 2.69. The number of hydrogen-bond donors (Lipinski definition) is 2. The Balaban J connectivity index is 2.07. The van der Waals surface area contributed by atoms with E-state index in [0.29, 0.717) is 23.3 Å². The molecule has 0 saturated carbocycles. The Kier molecular flexibility index (Phi) is 6.84. The Morgan fingerprint density at radius 1 is 1.22 bits per heavy atom. The van der Waals surface area contributed by atoms with Gasteiger partial charge in [-0.1, -0.05) is 23.9 Å². The van der Waals surface area contributed by atoms with E-state index in [4.69, 9.17) is 4.74 Å². The topological polar surface area (TPSA) is 98.1 Å². The monoisotopic (exact) mass is 391 g/mol. The van der Waals surface area contributed by atoms with Crippen molar-refractivity contribution in [2.24, 2.45) is 0 Å². The number of amides is 3. The van der Waals surface area contributed by atoms with E-state index < -0.39 is 17.5 Å². The van der Waals surface area contributed by atoms with Gasteiger partial charge in [-0.05, 0) is 39.8 Å². The molecule has 0 saturated heterocycles. The van der Waals surface area contributed by atoms with Gasteiger partial charge in [0.1, 0.15) is 5.75 Å². The molecule has 2 aromatic rings. The highest BCUT2D eigenvalue weighted by Gasteiger charge is 2.19. The number of urea groups is 1. The number of carbonyl (C=O) groups is 2. The molecule has 0 radical (unpaired) electrons. The summed E-state index contributed by atoms with van der Waals surface area (Å²) < 4.78 is 7.30. The number of imide groups is 1. The van der Waals surface area contributed by atoms with Crippen LogP contribution < -0.4 is 15.4 Å². The number of ether oxygens (including phenoxy) is 1. The van der Waals surface area contributed by atoms with E-state index in [1.165, 1.54) is 11.8 Å². The lowest BCUT2D eigenvalue weighted by Gasteiger charge is -2.20. The third-order valence-corrected chi connectivity index (χ3v) is 4.42. The number of nitrogens with one attached hydrogen (secondary N) is 2. The Morgan fingerprint density at radius 3 is 2.56 bits per heavy atom. The number of hydrogen-bond acceptors (Lipinski definition) is 6. The minimum absolute atomic E-state index is 0.0572. The van der Waals surface area contributed by atoms with Crippen LogP contribution in [0.5, 0.6) is 5.75 Å². The molecule has 0 bridgehead atoms. The zero-order valence-corrected chi connectivity index (χ0v) is 17.0. The first kappa shape index (κ1) is 20.8. The summed E-state index contributed by atoms with van der Waals surface area (Å²) in [5.74, 6) is 1.03. The van der Waals surface area contributed by atoms with Gasteiger partial charge in [0, 0.05) is 12.1 Å². The number of thioether (sulfide) groups is 1. The molecule has 146 valence electrons. The van der Waals surface area contributed by atoms with E-state index in [1.807, 2.05) is 56.5 Å². The van der Waals surface area contributed by atoms with Gasteiger partial charge in [0.15, 0.2) is 11.0 Å². The maximum absolute atomic E-state index is 12.0. The summed E-state index contributed by atoms with van der Waals surface area (Å²) in [6, 6.07) is 7.04. The lowest BCUT2D eigenvalue weighted by Crippen LogP contribution is -2.48. The number of aromatic nitrogens is 3. The smallest absolute Gasteiger partial charge is 0.321 e. The second-order valence-electron chi connectivity index (χ2n) is 6.79. The van der Waals surface area contributed by atoms with E-state index >= 15 is 0 Å². The first-order chi connectivity index (χ1) is 12.7. The minimum atomic E-state index is -0.514. The predicted molar refractivity (Wildman–Crippen MR) is 105 cm³/mol. The largest absolute Gasteiger partial charge is 0.496 e.